The summed E-state index contributed by atoms with van der Waals surface area (Å²) in [6, 6.07) is 10.1. The van der Waals surface area contributed by atoms with Gasteiger partial charge in [-0.25, -0.2) is 4.21 Å². The zero-order valence-corrected chi connectivity index (χ0v) is 13.3. The molecule has 0 aliphatic heterocycles. The topological polar surface area (TPSA) is 87.1 Å². The molecule has 3 atom stereocenters. The van der Waals surface area contributed by atoms with Gasteiger partial charge in [-0.15, -0.1) is 0 Å². The van der Waals surface area contributed by atoms with Crippen LogP contribution in [-0.2, 0) is 21.8 Å². The second-order valence-corrected chi connectivity index (χ2v) is 5.73. The first-order chi connectivity index (χ1) is 10.2. The van der Waals surface area contributed by atoms with E-state index >= 15 is 0 Å². The monoisotopic (exact) mass is 310 g/mol. The van der Waals surface area contributed by atoms with Crippen LogP contribution in [-0.4, -0.2) is 29.7 Å². The van der Waals surface area contributed by atoms with E-state index in [4.69, 9.17) is 9.71 Å². The summed E-state index contributed by atoms with van der Waals surface area (Å²) in [5, 5.41) is 6.97. The standard InChI is InChI=1S/C14H22N4O2S/c1-3-14(20-21(2)19)13(11-17-18-15)10-16-9-12-7-5-4-6-8-12/h4-8,13-14,16H,3,9-11H2,1-2H3/t13-,14?,21?/m1/s1. The Morgan fingerprint density at radius 2 is 2.14 bits per heavy atom. The maximum absolute atomic E-state index is 11.3. The van der Waals surface area contributed by atoms with Gasteiger partial charge in [0.2, 0.25) is 0 Å². The third-order valence-corrected chi connectivity index (χ3v) is 3.66. The lowest BCUT2D eigenvalue weighted by Crippen LogP contribution is -2.35. The molecule has 116 valence electrons. The normalized spacial score (nSPS) is 15.0. The molecule has 21 heavy (non-hydrogen) atoms. The van der Waals surface area contributed by atoms with Gasteiger partial charge in [-0.05, 0) is 17.5 Å². The molecule has 1 N–H and O–H groups in total. The van der Waals surface area contributed by atoms with Crippen molar-refractivity contribution in [1.29, 1.82) is 0 Å². The number of hydrogen-bond donors (Lipinski definition) is 1. The quantitative estimate of drug-likeness (QED) is 0.409. The van der Waals surface area contributed by atoms with Crippen LogP contribution in [0.4, 0.5) is 0 Å². The largest absolute Gasteiger partial charge is 0.312 e. The Kier molecular flexibility index (Phi) is 8.69. The maximum Gasteiger partial charge on any atom is 0.152 e. The van der Waals surface area contributed by atoms with Crippen LogP contribution in [0.1, 0.15) is 18.9 Å². The van der Waals surface area contributed by atoms with Crippen LogP contribution in [0.2, 0.25) is 0 Å². The molecule has 0 heterocycles. The van der Waals surface area contributed by atoms with Gasteiger partial charge in [0, 0.05) is 36.7 Å². The van der Waals surface area contributed by atoms with E-state index in [0.717, 1.165) is 13.0 Å². The number of nitrogens with zero attached hydrogens (tertiary/aromatic N) is 3. The minimum absolute atomic E-state index is 0.00138. The van der Waals surface area contributed by atoms with Gasteiger partial charge in [0.05, 0.1) is 6.10 Å². The van der Waals surface area contributed by atoms with Crippen molar-refractivity contribution in [2.75, 3.05) is 19.3 Å². The summed E-state index contributed by atoms with van der Waals surface area (Å²) in [7, 11) is 0. The Morgan fingerprint density at radius 1 is 1.43 bits per heavy atom. The average Bonchev–Trinajstić information content (AvgIpc) is 2.49. The number of rotatable bonds is 10. The van der Waals surface area contributed by atoms with Crippen molar-refractivity contribution >= 4 is 11.1 Å². The van der Waals surface area contributed by atoms with E-state index in [1.54, 1.807) is 0 Å². The molecule has 0 spiro atoms. The molecule has 6 nitrogen and oxygen atoms in total. The first-order valence-electron chi connectivity index (χ1n) is 6.93. The number of benzene rings is 1. The van der Waals surface area contributed by atoms with Gasteiger partial charge in [-0.1, -0.05) is 42.4 Å². The van der Waals surface area contributed by atoms with Crippen LogP contribution in [0.3, 0.4) is 0 Å². The second-order valence-electron chi connectivity index (χ2n) is 4.73. The molecule has 0 saturated heterocycles. The highest BCUT2D eigenvalue weighted by Gasteiger charge is 2.21. The van der Waals surface area contributed by atoms with Crippen LogP contribution in [0.5, 0.6) is 0 Å². The summed E-state index contributed by atoms with van der Waals surface area (Å²) >= 11 is -1.33. The van der Waals surface area contributed by atoms with Crippen molar-refractivity contribution < 1.29 is 8.39 Å². The lowest BCUT2D eigenvalue weighted by atomic mass is 10.0. The van der Waals surface area contributed by atoms with Gasteiger partial charge in [0.25, 0.3) is 0 Å². The lowest BCUT2D eigenvalue weighted by molar-refractivity contribution is 0.149. The maximum atomic E-state index is 11.3. The molecule has 1 rings (SSSR count). The van der Waals surface area contributed by atoms with Crippen molar-refractivity contribution in [3.8, 4) is 0 Å². The fraction of sp³-hybridized carbons (Fsp3) is 0.571. The van der Waals surface area contributed by atoms with Crippen molar-refractivity contribution in [1.82, 2.24) is 5.32 Å². The van der Waals surface area contributed by atoms with Gasteiger partial charge in [-0.3, -0.25) is 4.18 Å². The molecule has 1 aromatic rings. The molecule has 0 radical (unpaired) electrons. The molecule has 0 aliphatic rings. The summed E-state index contributed by atoms with van der Waals surface area (Å²) in [6.07, 6.45) is 2.03. The van der Waals surface area contributed by atoms with Crippen LogP contribution in [0, 0.1) is 5.92 Å². The summed E-state index contributed by atoms with van der Waals surface area (Å²) < 4.78 is 16.7. The molecule has 0 aliphatic carbocycles. The lowest BCUT2D eigenvalue weighted by Gasteiger charge is -2.24. The fourth-order valence-corrected chi connectivity index (χ4v) is 2.75. The summed E-state index contributed by atoms with van der Waals surface area (Å²) in [6.45, 7) is 3.68. The molecule has 0 saturated carbocycles. The van der Waals surface area contributed by atoms with E-state index in [9.17, 15) is 4.21 Å². The molecular weight excluding hydrogens is 288 g/mol. The van der Waals surface area contributed by atoms with Crippen LogP contribution >= 0.6 is 0 Å². The smallest absolute Gasteiger partial charge is 0.152 e. The van der Waals surface area contributed by atoms with E-state index in [1.165, 1.54) is 11.8 Å². The molecule has 7 heteroatoms. The highest BCUT2D eigenvalue weighted by molar-refractivity contribution is 7.79. The Hall–Kier alpha value is -1.40. The Morgan fingerprint density at radius 3 is 2.71 bits per heavy atom. The zero-order chi connectivity index (χ0) is 15.5. The number of azide groups is 1. The predicted molar refractivity (Wildman–Crippen MR) is 84.9 cm³/mol. The van der Waals surface area contributed by atoms with Crippen LogP contribution in [0.15, 0.2) is 35.4 Å². The Balaban J connectivity index is 2.55. The predicted octanol–water partition coefficient (Wildman–Crippen LogP) is 2.79. The highest BCUT2D eigenvalue weighted by Crippen LogP contribution is 2.14. The minimum Gasteiger partial charge on any atom is -0.312 e. The second kappa shape index (κ2) is 10.3. The van der Waals surface area contributed by atoms with E-state index in [2.05, 4.69) is 15.3 Å². The Bertz CT molecular complexity index is 477. The van der Waals surface area contributed by atoms with Gasteiger partial charge < -0.3 is 5.32 Å². The van der Waals surface area contributed by atoms with Crippen molar-refractivity contribution in [3.63, 3.8) is 0 Å². The van der Waals surface area contributed by atoms with E-state index in [-0.39, 0.29) is 12.0 Å². The first-order valence-corrected chi connectivity index (χ1v) is 8.41. The van der Waals surface area contributed by atoms with E-state index in [0.29, 0.717) is 13.1 Å². The molecule has 2 unspecified atom stereocenters. The number of nitrogens with one attached hydrogen (secondary N) is 1. The minimum atomic E-state index is -1.33. The van der Waals surface area contributed by atoms with Crippen LogP contribution in [0.25, 0.3) is 10.4 Å². The van der Waals surface area contributed by atoms with Crippen molar-refractivity contribution in [2.24, 2.45) is 11.0 Å². The van der Waals surface area contributed by atoms with Gasteiger partial charge in [0.1, 0.15) is 0 Å². The van der Waals surface area contributed by atoms with Gasteiger partial charge >= 0.3 is 0 Å². The molecule has 1 aromatic carbocycles. The van der Waals surface area contributed by atoms with Crippen LogP contribution < -0.4 is 5.32 Å². The zero-order valence-electron chi connectivity index (χ0n) is 12.4. The highest BCUT2D eigenvalue weighted by atomic mass is 32.2. The molecule has 0 aromatic heterocycles. The fourth-order valence-electron chi connectivity index (χ4n) is 2.11. The average molecular weight is 310 g/mol. The van der Waals surface area contributed by atoms with E-state index in [1.807, 2.05) is 37.3 Å². The van der Waals surface area contributed by atoms with Gasteiger partial charge in [-0.2, -0.15) is 0 Å². The molecule has 0 amide bonds. The summed E-state index contributed by atoms with van der Waals surface area (Å²) in [5.41, 5.74) is 9.68. The third-order valence-electron chi connectivity index (χ3n) is 3.15. The summed E-state index contributed by atoms with van der Waals surface area (Å²) in [5.74, 6) is -0.00138. The van der Waals surface area contributed by atoms with E-state index < -0.39 is 11.1 Å². The Labute approximate surface area is 128 Å². The van der Waals surface area contributed by atoms with Crippen molar-refractivity contribution in [2.45, 2.75) is 26.0 Å². The number of hydrogen-bond acceptors (Lipinski definition) is 4. The van der Waals surface area contributed by atoms with Gasteiger partial charge in [0.15, 0.2) is 11.1 Å². The molecule has 0 fully saturated rings. The van der Waals surface area contributed by atoms with Crippen molar-refractivity contribution in [3.05, 3.63) is 46.3 Å². The first kappa shape index (κ1) is 17.7. The summed E-state index contributed by atoms with van der Waals surface area (Å²) in [4.78, 5) is 2.80. The third kappa shape index (κ3) is 7.24. The SMILES string of the molecule is CCC(OS(C)=O)[C@@H](CN=[N+]=[N-])CNCc1ccccc1. The molecule has 0 bridgehead atoms. The molecular formula is C14H22N4O2S.